The van der Waals surface area contributed by atoms with E-state index in [2.05, 4.69) is 30.6 Å². The number of thiazole rings is 1. The van der Waals surface area contributed by atoms with Crippen molar-refractivity contribution in [2.45, 2.75) is 13.5 Å². The summed E-state index contributed by atoms with van der Waals surface area (Å²) in [5, 5.41) is 8.07. The van der Waals surface area contributed by atoms with E-state index in [1.54, 1.807) is 16.8 Å². The second kappa shape index (κ2) is 6.10. The van der Waals surface area contributed by atoms with Crippen LogP contribution in [0.3, 0.4) is 0 Å². The van der Waals surface area contributed by atoms with E-state index in [9.17, 15) is 0 Å². The number of aromatic nitrogens is 4. The van der Waals surface area contributed by atoms with Crippen LogP contribution in [0, 0.1) is 0 Å². The number of ether oxygens (including phenoxy) is 1. The maximum Gasteiger partial charge on any atom is 0.322 e. The number of nitrogens with one attached hydrogen (secondary N) is 2. The monoisotopic (exact) mass is 266 g/mol. The fourth-order valence-electron chi connectivity index (χ4n) is 1.26. The number of methoxy groups -OCH3 is 1. The Morgan fingerprint density at radius 1 is 1.22 bits per heavy atom. The fourth-order valence-corrected chi connectivity index (χ4v) is 1.82. The summed E-state index contributed by atoms with van der Waals surface area (Å²) in [6, 6.07) is 0.279. The van der Waals surface area contributed by atoms with Crippen molar-refractivity contribution >= 4 is 23.2 Å². The molecule has 0 saturated heterocycles. The summed E-state index contributed by atoms with van der Waals surface area (Å²) in [7, 11) is 1.52. The number of hydrogen-bond acceptors (Lipinski definition) is 8. The summed E-state index contributed by atoms with van der Waals surface area (Å²) in [5.41, 5.74) is 2.74. The Hall–Kier alpha value is -1.96. The largest absolute Gasteiger partial charge is 0.467 e. The number of nitrogens with zero attached hydrogens (tertiary/aromatic N) is 4. The first-order chi connectivity index (χ1) is 8.81. The lowest BCUT2D eigenvalue weighted by atomic mass is 10.5. The summed E-state index contributed by atoms with van der Waals surface area (Å²) >= 11 is 1.55. The quantitative estimate of drug-likeness (QED) is 0.817. The van der Waals surface area contributed by atoms with E-state index in [4.69, 9.17) is 4.74 Å². The SMILES string of the molecule is CCNc1nc(NCc2cscn2)nc(OC)n1. The van der Waals surface area contributed by atoms with E-state index in [0.717, 1.165) is 12.2 Å². The lowest BCUT2D eigenvalue weighted by molar-refractivity contribution is 0.379. The fraction of sp³-hybridized carbons (Fsp3) is 0.400. The van der Waals surface area contributed by atoms with Crippen molar-refractivity contribution in [1.29, 1.82) is 0 Å². The highest BCUT2D eigenvalue weighted by Gasteiger charge is 2.06. The molecule has 0 aliphatic carbocycles. The van der Waals surface area contributed by atoms with Gasteiger partial charge in [0.25, 0.3) is 0 Å². The Bertz CT molecular complexity index is 489. The average Bonchev–Trinajstić information content (AvgIpc) is 2.89. The molecule has 0 radical (unpaired) electrons. The van der Waals surface area contributed by atoms with Gasteiger partial charge >= 0.3 is 6.01 Å². The zero-order valence-corrected chi connectivity index (χ0v) is 11.0. The standard InChI is InChI=1S/C10H14N6OS/c1-3-11-8-14-9(16-10(15-8)17-2)12-4-7-5-18-6-13-7/h5-6H,3-4H2,1-2H3,(H2,11,12,14,15,16). The number of hydrogen-bond donors (Lipinski definition) is 2. The normalized spacial score (nSPS) is 10.1. The molecule has 96 valence electrons. The molecule has 2 aromatic heterocycles. The van der Waals surface area contributed by atoms with E-state index >= 15 is 0 Å². The van der Waals surface area contributed by atoms with Crippen molar-refractivity contribution < 1.29 is 4.74 Å². The molecule has 0 aliphatic rings. The molecular formula is C10H14N6OS. The van der Waals surface area contributed by atoms with Crippen molar-refractivity contribution in [3.8, 4) is 6.01 Å². The third-order valence-corrected chi connectivity index (χ3v) is 2.68. The first-order valence-corrected chi connectivity index (χ1v) is 6.41. The summed E-state index contributed by atoms with van der Waals surface area (Å²) in [5.74, 6) is 0.955. The predicted molar refractivity (Wildman–Crippen MR) is 70.0 cm³/mol. The van der Waals surface area contributed by atoms with Gasteiger partial charge < -0.3 is 15.4 Å². The molecule has 0 aliphatic heterocycles. The van der Waals surface area contributed by atoms with Crippen molar-refractivity contribution in [1.82, 2.24) is 19.9 Å². The van der Waals surface area contributed by atoms with Gasteiger partial charge in [0, 0.05) is 11.9 Å². The van der Waals surface area contributed by atoms with Gasteiger partial charge in [-0.2, -0.15) is 15.0 Å². The van der Waals surface area contributed by atoms with Crippen LogP contribution in [0.15, 0.2) is 10.9 Å². The Labute approximate surface area is 109 Å². The minimum Gasteiger partial charge on any atom is -0.467 e. The predicted octanol–water partition coefficient (Wildman–Crippen LogP) is 1.38. The van der Waals surface area contributed by atoms with E-state index in [1.807, 2.05) is 12.3 Å². The molecule has 0 aromatic carbocycles. The van der Waals surface area contributed by atoms with E-state index < -0.39 is 0 Å². The Kier molecular flexibility index (Phi) is 4.24. The van der Waals surface area contributed by atoms with Gasteiger partial charge in [0.1, 0.15) is 0 Å². The second-order valence-corrected chi connectivity index (χ2v) is 4.05. The van der Waals surface area contributed by atoms with Gasteiger partial charge in [0.2, 0.25) is 11.9 Å². The van der Waals surface area contributed by atoms with E-state index in [-0.39, 0.29) is 6.01 Å². The lowest BCUT2D eigenvalue weighted by Gasteiger charge is -2.07. The molecule has 0 spiro atoms. The van der Waals surface area contributed by atoms with Crippen LogP contribution in [0.4, 0.5) is 11.9 Å². The van der Waals surface area contributed by atoms with Gasteiger partial charge in [-0.15, -0.1) is 11.3 Å². The van der Waals surface area contributed by atoms with Gasteiger partial charge in [-0.3, -0.25) is 0 Å². The second-order valence-electron chi connectivity index (χ2n) is 3.33. The van der Waals surface area contributed by atoms with Gasteiger partial charge in [-0.25, -0.2) is 4.98 Å². The average molecular weight is 266 g/mol. The van der Waals surface area contributed by atoms with Crippen molar-refractivity contribution in [3.63, 3.8) is 0 Å². The zero-order chi connectivity index (χ0) is 12.8. The van der Waals surface area contributed by atoms with Crippen molar-refractivity contribution in [2.75, 3.05) is 24.3 Å². The highest BCUT2D eigenvalue weighted by atomic mass is 32.1. The number of rotatable bonds is 6. The Morgan fingerprint density at radius 2 is 2.00 bits per heavy atom. The number of anilines is 2. The van der Waals surface area contributed by atoms with E-state index in [0.29, 0.717) is 18.4 Å². The topological polar surface area (TPSA) is 84.9 Å². The summed E-state index contributed by atoms with van der Waals surface area (Å²) < 4.78 is 5.02. The van der Waals surface area contributed by atoms with E-state index in [1.165, 1.54) is 7.11 Å². The Morgan fingerprint density at radius 3 is 2.61 bits per heavy atom. The molecule has 0 atom stereocenters. The molecule has 2 N–H and O–H groups in total. The van der Waals surface area contributed by atoms with Crippen LogP contribution in [0.1, 0.15) is 12.6 Å². The first kappa shape index (κ1) is 12.5. The highest BCUT2D eigenvalue weighted by Crippen LogP contribution is 2.11. The smallest absolute Gasteiger partial charge is 0.322 e. The van der Waals surface area contributed by atoms with Gasteiger partial charge in [-0.05, 0) is 6.92 Å². The minimum absolute atomic E-state index is 0.279. The first-order valence-electron chi connectivity index (χ1n) is 5.46. The van der Waals surface area contributed by atoms with Crippen LogP contribution in [-0.4, -0.2) is 33.6 Å². The third-order valence-electron chi connectivity index (χ3n) is 2.04. The van der Waals surface area contributed by atoms with Crippen molar-refractivity contribution in [3.05, 3.63) is 16.6 Å². The third kappa shape index (κ3) is 3.27. The highest BCUT2D eigenvalue weighted by molar-refractivity contribution is 7.07. The summed E-state index contributed by atoms with van der Waals surface area (Å²) in [6.07, 6.45) is 0. The molecule has 0 unspecified atom stereocenters. The Balaban J connectivity index is 2.08. The zero-order valence-electron chi connectivity index (χ0n) is 10.2. The van der Waals surface area contributed by atoms with Gasteiger partial charge in [0.05, 0.1) is 24.9 Å². The summed E-state index contributed by atoms with van der Waals surface area (Å²) in [4.78, 5) is 16.6. The molecule has 0 saturated carbocycles. The van der Waals surface area contributed by atoms with Crippen molar-refractivity contribution in [2.24, 2.45) is 0 Å². The van der Waals surface area contributed by atoms with Crippen LogP contribution in [0.2, 0.25) is 0 Å². The van der Waals surface area contributed by atoms with Gasteiger partial charge in [-0.1, -0.05) is 0 Å². The molecule has 0 amide bonds. The summed E-state index contributed by atoms with van der Waals surface area (Å²) in [6.45, 7) is 3.28. The van der Waals surface area contributed by atoms with Crippen LogP contribution >= 0.6 is 11.3 Å². The maximum atomic E-state index is 5.02. The molecule has 8 heteroatoms. The maximum absolute atomic E-state index is 5.02. The van der Waals surface area contributed by atoms with Crippen LogP contribution in [0.25, 0.3) is 0 Å². The molecular weight excluding hydrogens is 252 g/mol. The van der Waals surface area contributed by atoms with Crippen LogP contribution in [0.5, 0.6) is 6.01 Å². The van der Waals surface area contributed by atoms with Crippen LogP contribution in [-0.2, 0) is 6.54 Å². The molecule has 7 nitrogen and oxygen atoms in total. The van der Waals surface area contributed by atoms with Gasteiger partial charge in [0.15, 0.2) is 0 Å². The molecule has 0 bridgehead atoms. The molecule has 0 fully saturated rings. The molecule has 2 rings (SSSR count). The molecule has 18 heavy (non-hydrogen) atoms. The minimum atomic E-state index is 0.279. The molecule has 2 aromatic rings. The van der Waals surface area contributed by atoms with Crippen LogP contribution < -0.4 is 15.4 Å². The molecule has 2 heterocycles. The lowest BCUT2D eigenvalue weighted by Crippen LogP contribution is -2.10.